The topological polar surface area (TPSA) is 21.3 Å². The first-order valence-electron chi connectivity index (χ1n) is 6.92. The summed E-state index contributed by atoms with van der Waals surface area (Å²) in [6.45, 7) is 6.11. The van der Waals surface area contributed by atoms with Crippen molar-refractivity contribution in [3.05, 3.63) is 59.2 Å². The van der Waals surface area contributed by atoms with E-state index in [9.17, 15) is 8.78 Å². The minimum absolute atomic E-state index is 0.241. The zero-order valence-electron chi connectivity index (χ0n) is 12.4. The van der Waals surface area contributed by atoms with Crippen LogP contribution in [-0.2, 0) is 6.54 Å². The molecule has 2 aromatic carbocycles. The fraction of sp³-hybridized carbons (Fsp3) is 0.294. The number of hydrogen-bond donors (Lipinski definition) is 1. The van der Waals surface area contributed by atoms with E-state index < -0.39 is 0 Å². The number of hydrogen-bond acceptors (Lipinski definition) is 2. The van der Waals surface area contributed by atoms with Crippen LogP contribution >= 0.6 is 0 Å². The standard InChI is InChI=1S/C17H19F2NO/c1-11(2)20-10-14-15(19)5-4-6-17(14)21-16-8-7-13(18)9-12(16)3/h4-9,11,20H,10H2,1-3H3. The van der Waals surface area contributed by atoms with Gasteiger partial charge in [0.2, 0.25) is 0 Å². The number of rotatable bonds is 5. The van der Waals surface area contributed by atoms with E-state index in [1.54, 1.807) is 25.1 Å². The minimum Gasteiger partial charge on any atom is -0.457 e. The summed E-state index contributed by atoms with van der Waals surface area (Å²) >= 11 is 0. The highest BCUT2D eigenvalue weighted by Gasteiger charge is 2.12. The molecule has 1 N–H and O–H groups in total. The number of nitrogens with one attached hydrogen (secondary N) is 1. The van der Waals surface area contributed by atoms with Gasteiger partial charge in [-0.1, -0.05) is 19.9 Å². The van der Waals surface area contributed by atoms with Crippen molar-refractivity contribution >= 4 is 0 Å². The van der Waals surface area contributed by atoms with Crippen LogP contribution in [0.15, 0.2) is 36.4 Å². The zero-order chi connectivity index (χ0) is 15.4. The molecule has 0 atom stereocenters. The van der Waals surface area contributed by atoms with Gasteiger partial charge in [0.05, 0.1) is 0 Å². The third-order valence-electron chi connectivity index (χ3n) is 3.12. The van der Waals surface area contributed by atoms with Gasteiger partial charge >= 0.3 is 0 Å². The van der Waals surface area contributed by atoms with Gasteiger partial charge in [-0.3, -0.25) is 0 Å². The van der Waals surface area contributed by atoms with Gasteiger partial charge in [0, 0.05) is 18.2 Å². The van der Waals surface area contributed by atoms with E-state index in [0.29, 0.717) is 29.2 Å². The van der Waals surface area contributed by atoms with Crippen LogP contribution in [0, 0.1) is 18.6 Å². The molecule has 0 spiro atoms. The van der Waals surface area contributed by atoms with Gasteiger partial charge in [-0.15, -0.1) is 0 Å². The summed E-state index contributed by atoms with van der Waals surface area (Å²) < 4.78 is 32.9. The molecule has 21 heavy (non-hydrogen) atoms. The van der Waals surface area contributed by atoms with Crippen LogP contribution in [0.4, 0.5) is 8.78 Å². The Bertz CT molecular complexity index is 626. The summed E-state index contributed by atoms with van der Waals surface area (Å²) in [5.41, 5.74) is 1.14. The molecule has 2 rings (SSSR count). The van der Waals surface area contributed by atoms with E-state index in [4.69, 9.17) is 4.74 Å². The molecule has 0 unspecified atom stereocenters. The van der Waals surface area contributed by atoms with E-state index in [1.165, 1.54) is 18.2 Å². The van der Waals surface area contributed by atoms with E-state index in [0.717, 1.165) is 0 Å². The highest BCUT2D eigenvalue weighted by molar-refractivity contribution is 5.41. The smallest absolute Gasteiger partial charge is 0.134 e. The van der Waals surface area contributed by atoms with Crippen molar-refractivity contribution in [2.24, 2.45) is 0 Å². The van der Waals surface area contributed by atoms with Crippen molar-refractivity contribution in [3.63, 3.8) is 0 Å². The Hall–Kier alpha value is -1.94. The van der Waals surface area contributed by atoms with Gasteiger partial charge in [0.15, 0.2) is 0 Å². The third kappa shape index (κ3) is 4.02. The number of aryl methyl sites for hydroxylation is 1. The highest BCUT2D eigenvalue weighted by Crippen LogP contribution is 2.29. The van der Waals surface area contributed by atoms with Crippen LogP contribution in [0.25, 0.3) is 0 Å². The molecule has 0 bridgehead atoms. The van der Waals surface area contributed by atoms with Crippen molar-refractivity contribution in [1.82, 2.24) is 5.32 Å². The first-order chi connectivity index (χ1) is 9.97. The van der Waals surface area contributed by atoms with Crippen LogP contribution in [0.5, 0.6) is 11.5 Å². The van der Waals surface area contributed by atoms with Crippen LogP contribution < -0.4 is 10.1 Å². The molecule has 0 heterocycles. The second kappa shape index (κ2) is 6.68. The second-order valence-corrected chi connectivity index (χ2v) is 5.26. The normalized spacial score (nSPS) is 11.0. The molecular formula is C17H19F2NO. The number of halogens is 2. The van der Waals surface area contributed by atoms with Gasteiger partial charge in [-0.25, -0.2) is 8.78 Å². The lowest BCUT2D eigenvalue weighted by atomic mass is 10.1. The molecule has 0 aliphatic heterocycles. The Morgan fingerprint density at radius 2 is 1.86 bits per heavy atom. The maximum absolute atomic E-state index is 14.0. The van der Waals surface area contributed by atoms with Crippen molar-refractivity contribution in [2.45, 2.75) is 33.4 Å². The predicted molar refractivity (Wildman–Crippen MR) is 79.6 cm³/mol. The van der Waals surface area contributed by atoms with Crippen molar-refractivity contribution in [2.75, 3.05) is 0 Å². The second-order valence-electron chi connectivity index (χ2n) is 5.26. The Kier molecular flexibility index (Phi) is 4.91. The van der Waals surface area contributed by atoms with Gasteiger partial charge in [0.25, 0.3) is 0 Å². The largest absolute Gasteiger partial charge is 0.457 e. The summed E-state index contributed by atoms with van der Waals surface area (Å²) in [4.78, 5) is 0. The molecular weight excluding hydrogens is 272 g/mol. The van der Waals surface area contributed by atoms with Crippen molar-refractivity contribution in [1.29, 1.82) is 0 Å². The summed E-state index contributed by atoms with van der Waals surface area (Å²) in [6.07, 6.45) is 0. The lowest BCUT2D eigenvalue weighted by Crippen LogP contribution is -2.22. The van der Waals surface area contributed by atoms with E-state index in [2.05, 4.69) is 5.32 Å². The summed E-state index contributed by atoms with van der Waals surface area (Å²) in [5, 5.41) is 3.17. The van der Waals surface area contributed by atoms with Gasteiger partial charge in [-0.2, -0.15) is 0 Å². The van der Waals surface area contributed by atoms with Crippen LogP contribution in [0.3, 0.4) is 0 Å². The van der Waals surface area contributed by atoms with E-state index >= 15 is 0 Å². The van der Waals surface area contributed by atoms with Crippen LogP contribution in [0.2, 0.25) is 0 Å². The summed E-state index contributed by atoms with van der Waals surface area (Å²) in [6, 6.07) is 9.22. The van der Waals surface area contributed by atoms with Crippen molar-refractivity contribution in [3.8, 4) is 11.5 Å². The molecule has 0 aliphatic carbocycles. The third-order valence-corrected chi connectivity index (χ3v) is 3.12. The molecule has 2 nitrogen and oxygen atoms in total. The number of ether oxygens (including phenoxy) is 1. The summed E-state index contributed by atoms with van der Waals surface area (Å²) in [5.74, 6) is 0.326. The zero-order valence-corrected chi connectivity index (χ0v) is 12.4. The Balaban J connectivity index is 2.28. The van der Waals surface area contributed by atoms with E-state index in [-0.39, 0.29) is 17.7 Å². The minimum atomic E-state index is -0.319. The molecule has 0 saturated carbocycles. The maximum atomic E-state index is 14.0. The molecule has 0 aromatic heterocycles. The molecule has 0 amide bonds. The number of benzene rings is 2. The van der Waals surface area contributed by atoms with Gasteiger partial charge in [-0.05, 0) is 42.8 Å². The predicted octanol–water partition coefficient (Wildman–Crippen LogP) is 4.56. The Labute approximate surface area is 123 Å². The fourth-order valence-electron chi connectivity index (χ4n) is 1.96. The SMILES string of the molecule is Cc1cc(F)ccc1Oc1cccc(F)c1CNC(C)C. The van der Waals surface area contributed by atoms with E-state index in [1.807, 2.05) is 13.8 Å². The maximum Gasteiger partial charge on any atom is 0.134 e. The van der Waals surface area contributed by atoms with Gasteiger partial charge in [0.1, 0.15) is 23.1 Å². The lowest BCUT2D eigenvalue weighted by Gasteiger charge is -2.15. The molecule has 0 aliphatic rings. The summed E-state index contributed by atoms with van der Waals surface area (Å²) in [7, 11) is 0. The lowest BCUT2D eigenvalue weighted by molar-refractivity contribution is 0.453. The van der Waals surface area contributed by atoms with Crippen LogP contribution in [-0.4, -0.2) is 6.04 Å². The fourth-order valence-corrected chi connectivity index (χ4v) is 1.96. The molecule has 112 valence electrons. The molecule has 4 heteroatoms. The monoisotopic (exact) mass is 291 g/mol. The Morgan fingerprint density at radius 3 is 2.52 bits per heavy atom. The Morgan fingerprint density at radius 1 is 1.10 bits per heavy atom. The average Bonchev–Trinajstić information content (AvgIpc) is 2.41. The molecule has 2 aromatic rings. The molecule has 0 saturated heterocycles. The average molecular weight is 291 g/mol. The molecule has 0 radical (unpaired) electrons. The van der Waals surface area contributed by atoms with Gasteiger partial charge < -0.3 is 10.1 Å². The highest BCUT2D eigenvalue weighted by atomic mass is 19.1. The first kappa shape index (κ1) is 15.4. The molecule has 0 fully saturated rings. The quantitative estimate of drug-likeness (QED) is 0.871. The van der Waals surface area contributed by atoms with Crippen LogP contribution in [0.1, 0.15) is 25.0 Å². The first-order valence-corrected chi connectivity index (χ1v) is 6.92. The van der Waals surface area contributed by atoms with Crippen molar-refractivity contribution < 1.29 is 13.5 Å².